The van der Waals surface area contributed by atoms with Crippen molar-refractivity contribution >= 4 is 15.9 Å². The number of carbonyl (C=O) groups is 1. The van der Waals surface area contributed by atoms with Crippen LogP contribution < -0.4 is 10.2 Å². The average Bonchev–Trinajstić information content (AvgIpc) is 2.74. The molecule has 0 aromatic heterocycles. The Bertz CT molecular complexity index is 953. The lowest BCUT2D eigenvalue weighted by molar-refractivity contribution is -0.133. The summed E-state index contributed by atoms with van der Waals surface area (Å²) in [6, 6.07) is 12.0. The summed E-state index contributed by atoms with van der Waals surface area (Å²) >= 11 is 0. The van der Waals surface area contributed by atoms with E-state index in [2.05, 4.69) is 6.58 Å². The molecule has 2 rings (SSSR count). The molecule has 0 heterocycles. The van der Waals surface area contributed by atoms with Crippen LogP contribution in [0.15, 0.2) is 71.9 Å². The summed E-state index contributed by atoms with van der Waals surface area (Å²) in [5.41, 5.74) is 1.93. The van der Waals surface area contributed by atoms with Crippen LogP contribution in [0, 0.1) is 0 Å². The molecule has 0 radical (unpaired) electrons. The van der Waals surface area contributed by atoms with Gasteiger partial charge >= 0.3 is 0 Å². The topological polar surface area (TPSA) is 95.9 Å². The predicted octanol–water partition coefficient (Wildman–Crippen LogP) is 2.97. The van der Waals surface area contributed by atoms with E-state index in [1.54, 1.807) is 30.3 Å². The van der Waals surface area contributed by atoms with Crippen molar-refractivity contribution in [1.29, 1.82) is 0 Å². The van der Waals surface area contributed by atoms with E-state index < -0.39 is 40.9 Å². The number of ether oxygens (including phenoxy) is 1. The van der Waals surface area contributed by atoms with Crippen molar-refractivity contribution in [2.45, 2.75) is 23.9 Å². The number of rotatable bonds is 11. The molecule has 30 heavy (non-hydrogen) atoms. The van der Waals surface area contributed by atoms with Gasteiger partial charge in [-0.15, -0.1) is 0 Å². The van der Waals surface area contributed by atoms with E-state index in [0.29, 0.717) is 5.56 Å². The van der Waals surface area contributed by atoms with Crippen LogP contribution in [0.3, 0.4) is 0 Å². The van der Waals surface area contributed by atoms with E-state index in [1.165, 1.54) is 29.7 Å². The van der Waals surface area contributed by atoms with Crippen LogP contribution in [-0.2, 0) is 21.4 Å². The van der Waals surface area contributed by atoms with Gasteiger partial charge in [-0.05, 0) is 29.8 Å². The zero-order valence-corrected chi connectivity index (χ0v) is 16.8. The number of hydroxylamine groups is 1. The summed E-state index contributed by atoms with van der Waals surface area (Å²) in [7, 11) is -4.31. The number of benzene rings is 2. The molecule has 1 amide bonds. The summed E-state index contributed by atoms with van der Waals surface area (Å²) in [5.74, 6) is -1.76. The summed E-state index contributed by atoms with van der Waals surface area (Å²) in [6.45, 7) is 1.97. The maximum absolute atomic E-state index is 13.6. The fourth-order valence-corrected chi connectivity index (χ4v) is 4.31. The number of alkyl halides is 1. The number of hydrogen-bond donors (Lipinski definition) is 2. The highest BCUT2D eigenvalue weighted by Gasteiger charge is 2.36. The fourth-order valence-electron chi connectivity index (χ4n) is 2.74. The van der Waals surface area contributed by atoms with Crippen LogP contribution >= 0.6 is 0 Å². The largest absolute Gasteiger partial charge is 0.491 e. The quantitative estimate of drug-likeness (QED) is 0.414. The zero-order valence-electron chi connectivity index (χ0n) is 16.0. The van der Waals surface area contributed by atoms with Crippen LogP contribution in [0.5, 0.6) is 5.75 Å². The van der Waals surface area contributed by atoms with E-state index >= 15 is 0 Å². The molecule has 0 aliphatic carbocycles. The molecule has 10 heteroatoms. The number of amides is 1. The molecule has 0 spiro atoms. The Balaban J connectivity index is 2.47. The van der Waals surface area contributed by atoms with Gasteiger partial charge in [0.15, 0.2) is 0 Å². The first-order valence-electron chi connectivity index (χ1n) is 8.91. The summed E-state index contributed by atoms with van der Waals surface area (Å²) in [6.07, 6.45) is -0.643. The van der Waals surface area contributed by atoms with E-state index in [1.807, 2.05) is 0 Å². The third kappa shape index (κ3) is 6.09. The van der Waals surface area contributed by atoms with Crippen LogP contribution in [-0.4, -0.2) is 43.2 Å². The molecule has 1 unspecified atom stereocenters. The number of sulfonamides is 1. The molecule has 0 aliphatic rings. The molecule has 0 fully saturated rings. The molecular formula is C20H22F2N2O5S. The third-order valence-electron chi connectivity index (χ3n) is 4.13. The van der Waals surface area contributed by atoms with Gasteiger partial charge < -0.3 is 4.74 Å². The highest BCUT2D eigenvalue weighted by molar-refractivity contribution is 7.89. The SMILES string of the molecule is C=C(F)CC(C(=O)NO)N(Cc1ccccc1)S(=O)(=O)c1ccc(OCCF)cc1. The minimum absolute atomic E-state index is 0.177. The van der Waals surface area contributed by atoms with Gasteiger partial charge in [-0.25, -0.2) is 22.7 Å². The van der Waals surface area contributed by atoms with Crippen LogP contribution in [0.2, 0.25) is 0 Å². The second-order valence-corrected chi connectivity index (χ2v) is 8.15. The standard InChI is InChI=1S/C20H22F2N2O5S/c1-15(22)13-19(20(25)23-26)24(14-16-5-3-2-4-6-16)30(27,28)18-9-7-17(8-10-18)29-12-11-21/h2-10,19,26H,1,11-14H2,(H,23,25). The smallest absolute Gasteiger partial charge is 0.262 e. The first-order valence-corrected chi connectivity index (χ1v) is 10.4. The number of hydrogen-bond acceptors (Lipinski definition) is 5. The minimum Gasteiger partial charge on any atom is -0.491 e. The lowest BCUT2D eigenvalue weighted by Gasteiger charge is -2.29. The summed E-state index contributed by atoms with van der Waals surface area (Å²) in [4.78, 5) is 12.0. The van der Waals surface area contributed by atoms with Crippen LogP contribution in [0.4, 0.5) is 8.78 Å². The Hall–Kier alpha value is -2.82. The van der Waals surface area contributed by atoms with Gasteiger partial charge in [0.2, 0.25) is 10.0 Å². The summed E-state index contributed by atoms with van der Waals surface area (Å²) in [5, 5.41) is 9.07. The van der Waals surface area contributed by atoms with Crippen molar-refractivity contribution < 1.29 is 31.9 Å². The van der Waals surface area contributed by atoms with Gasteiger partial charge in [0, 0.05) is 13.0 Å². The highest BCUT2D eigenvalue weighted by Crippen LogP contribution is 2.26. The number of halogens is 2. The van der Waals surface area contributed by atoms with Crippen molar-refractivity contribution in [1.82, 2.24) is 9.79 Å². The zero-order chi connectivity index (χ0) is 22.1. The Morgan fingerprint density at radius 1 is 1.17 bits per heavy atom. The molecule has 0 saturated heterocycles. The van der Waals surface area contributed by atoms with Crippen molar-refractivity contribution in [2.24, 2.45) is 0 Å². The van der Waals surface area contributed by atoms with Crippen molar-refractivity contribution in [3.63, 3.8) is 0 Å². The molecule has 162 valence electrons. The molecule has 2 N–H and O–H groups in total. The molecule has 2 aromatic carbocycles. The molecule has 0 aliphatic heterocycles. The second-order valence-electron chi connectivity index (χ2n) is 6.26. The lowest BCUT2D eigenvalue weighted by atomic mass is 10.1. The maximum atomic E-state index is 13.6. The molecule has 0 saturated carbocycles. The normalized spacial score (nSPS) is 12.4. The predicted molar refractivity (Wildman–Crippen MR) is 106 cm³/mol. The van der Waals surface area contributed by atoms with E-state index in [-0.39, 0.29) is 23.8 Å². The summed E-state index contributed by atoms with van der Waals surface area (Å²) < 4.78 is 58.3. The molecule has 0 bridgehead atoms. The lowest BCUT2D eigenvalue weighted by Crippen LogP contribution is -2.48. The molecule has 7 nitrogen and oxygen atoms in total. The number of nitrogens with zero attached hydrogens (tertiary/aromatic N) is 1. The van der Waals surface area contributed by atoms with Gasteiger partial charge in [-0.2, -0.15) is 4.31 Å². The van der Waals surface area contributed by atoms with Crippen molar-refractivity contribution in [2.75, 3.05) is 13.3 Å². The van der Waals surface area contributed by atoms with Gasteiger partial charge in [-0.1, -0.05) is 36.9 Å². The van der Waals surface area contributed by atoms with Gasteiger partial charge in [0.05, 0.1) is 10.7 Å². The third-order valence-corrected chi connectivity index (χ3v) is 6.00. The Morgan fingerprint density at radius 2 is 1.80 bits per heavy atom. The van der Waals surface area contributed by atoms with Crippen molar-refractivity contribution in [3.05, 3.63) is 72.6 Å². The monoisotopic (exact) mass is 440 g/mol. The van der Waals surface area contributed by atoms with Crippen LogP contribution in [0.1, 0.15) is 12.0 Å². The van der Waals surface area contributed by atoms with Crippen LogP contribution in [0.25, 0.3) is 0 Å². The molecule has 1 atom stereocenters. The Morgan fingerprint density at radius 3 is 2.33 bits per heavy atom. The molecule has 2 aromatic rings. The van der Waals surface area contributed by atoms with E-state index in [0.717, 1.165) is 4.31 Å². The fraction of sp³-hybridized carbons (Fsp3) is 0.250. The molecular weight excluding hydrogens is 418 g/mol. The van der Waals surface area contributed by atoms with E-state index in [4.69, 9.17) is 9.94 Å². The first-order chi connectivity index (χ1) is 14.3. The number of carbonyl (C=O) groups excluding carboxylic acids is 1. The van der Waals surface area contributed by atoms with Gasteiger partial charge in [-0.3, -0.25) is 10.0 Å². The second kappa shape index (κ2) is 10.8. The Kier molecular flexibility index (Phi) is 8.46. The average molecular weight is 440 g/mol. The number of nitrogens with one attached hydrogen (secondary N) is 1. The van der Waals surface area contributed by atoms with Crippen molar-refractivity contribution in [3.8, 4) is 5.75 Å². The first kappa shape index (κ1) is 23.5. The van der Waals surface area contributed by atoms with Gasteiger partial charge in [0.25, 0.3) is 5.91 Å². The van der Waals surface area contributed by atoms with E-state index in [9.17, 15) is 22.0 Å². The maximum Gasteiger partial charge on any atom is 0.262 e. The minimum atomic E-state index is -4.31. The Labute approximate surface area is 173 Å². The van der Waals surface area contributed by atoms with Gasteiger partial charge in [0.1, 0.15) is 25.1 Å². The highest BCUT2D eigenvalue weighted by atomic mass is 32.2.